The number of fused-ring (bicyclic) bond motifs is 1. The quantitative estimate of drug-likeness (QED) is 0.737. The van der Waals surface area contributed by atoms with E-state index in [-0.39, 0.29) is 11.9 Å². The number of piperazine rings is 2. The van der Waals surface area contributed by atoms with Gasteiger partial charge in [-0.25, -0.2) is 4.98 Å². The molecule has 3 heterocycles. The Morgan fingerprint density at radius 1 is 1.15 bits per heavy atom. The number of hydrogen-bond donors (Lipinski definition) is 0. The molecule has 1 aromatic carbocycles. The largest absolute Gasteiger partial charge is 0.307 e. The first kappa shape index (κ1) is 16.1. The zero-order chi connectivity index (χ0) is 18.1. The van der Waals surface area contributed by atoms with E-state index in [1.165, 1.54) is 0 Å². The lowest BCUT2D eigenvalue weighted by atomic mass is 10.1. The van der Waals surface area contributed by atoms with Gasteiger partial charge in [-0.3, -0.25) is 14.6 Å². The lowest BCUT2D eigenvalue weighted by Gasteiger charge is -2.44. The molecule has 1 aromatic heterocycles. The highest BCUT2D eigenvalue weighted by Gasteiger charge is 2.39. The first-order valence-corrected chi connectivity index (χ1v) is 8.44. The Bertz CT molecular complexity index is 922. The van der Waals surface area contributed by atoms with E-state index in [1.54, 1.807) is 39.0 Å². The third kappa shape index (κ3) is 2.77. The van der Waals surface area contributed by atoms with E-state index in [0.29, 0.717) is 31.0 Å². The average Bonchev–Trinajstić information content (AvgIpc) is 3.18. The molecular formula is C18H17N7O. The average molecular weight is 347 g/mol. The van der Waals surface area contributed by atoms with Gasteiger partial charge in [0, 0.05) is 31.9 Å². The highest BCUT2D eigenvalue weighted by atomic mass is 16.2. The van der Waals surface area contributed by atoms with Crippen molar-refractivity contribution in [3.05, 3.63) is 42.4 Å². The Morgan fingerprint density at radius 3 is 2.81 bits per heavy atom. The van der Waals surface area contributed by atoms with Gasteiger partial charge >= 0.3 is 0 Å². The molecule has 130 valence electrons. The van der Waals surface area contributed by atoms with Crippen LogP contribution in [0.3, 0.4) is 0 Å². The SMILES string of the molecule is N#Cc1cccc(-n2cnc(N3CCN4CCN(C#N)CC4C3=O)c2)c1. The fourth-order valence-corrected chi connectivity index (χ4v) is 3.49. The number of amides is 1. The Kier molecular flexibility index (Phi) is 4.04. The maximum atomic E-state index is 12.9. The van der Waals surface area contributed by atoms with Gasteiger partial charge in [-0.1, -0.05) is 6.07 Å². The number of hydrogen-bond acceptors (Lipinski definition) is 6. The molecule has 0 bridgehead atoms. The molecule has 0 aliphatic carbocycles. The van der Waals surface area contributed by atoms with Crippen molar-refractivity contribution >= 4 is 11.7 Å². The summed E-state index contributed by atoms with van der Waals surface area (Å²) in [6.07, 6.45) is 5.59. The minimum absolute atomic E-state index is 0.0211. The maximum absolute atomic E-state index is 12.9. The third-order valence-electron chi connectivity index (χ3n) is 4.91. The van der Waals surface area contributed by atoms with Crippen molar-refractivity contribution in [2.45, 2.75) is 6.04 Å². The summed E-state index contributed by atoms with van der Waals surface area (Å²) >= 11 is 0. The first-order valence-electron chi connectivity index (χ1n) is 8.44. The Labute approximate surface area is 151 Å². The zero-order valence-corrected chi connectivity index (χ0v) is 14.1. The molecular weight excluding hydrogens is 330 g/mol. The lowest BCUT2D eigenvalue weighted by molar-refractivity contribution is -0.127. The van der Waals surface area contributed by atoms with Crippen LogP contribution in [0.15, 0.2) is 36.8 Å². The molecule has 4 rings (SSSR count). The van der Waals surface area contributed by atoms with E-state index in [0.717, 1.165) is 18.8 Å². The molecule has 0 radical (unpaired) electrons. The second-order valence-electron chi connectivity index (χ2n) is 6.39. The second kappa shape index (κ2) is 6.51. The molecule has 0 N–H and O–H groups in total. The predicted molar refractivity (Wildman–Crippen MR) is 93.2 cm³/mol. The van der Waals surface area contributed by atoms with E-state index in [4.69, 9.17) is 10.5 Å². The van der Waals surface area contributed by atoms with Gasteiger partial charge in [-0.15, -0.1) is 0 Å². The summed E-state index contributed by atoms with van der Waals surface area (Å²) in [7, 11) is 0. The number of aromatic nitrogens is 2. The summed E-state index contributed by atoms with van der Waals surface area (Å²) in [5.41, 5.74) is 1.39. The highest BCUT2D eigenvalue weighted by molar-refractivity contribution is 5.97. The van der Waals surface area contributed by atoms with Gasteiger partial charge in [0.05, 0.1) is 24.4 Å². The number of imidazole rings is 1. The molecule has 0 saturated carbocycles. The van der Waals surface area contributed by atoms with Crippen molar-refractivity contribution in [3.63, 3.8) is 0 Å². The number of rotatable bonds is 2. The van der Waals surface area contributed by atoms with Crippen LogP contribution < -0.4 is 4.90 Å². The van der Waals surface area contributed by atoms with E-state index in [9.17, 15) is 4.79 Å². The van der Waals surface area contributed by atoms with Crippen LogP contribution >= 0.6 is 0 Å². The van der Waals surface area contributed by atoms with Crippen molar-refractivity contribution in [3.8, 4) is 17.9 Å². The number of carbonyl (C=O) groups excluding carboxylic acids is 1. The maximum Gasteiger partial charge on any atom is 0.247 e. The summed E-state index contributed by atoms with van der Waals surface area (Å²) in [6, 6.07) is 9.04. The van der Waals surface area contributed by atoms with Crippen LogP contribution in [0, 0.1) is 22.8 Å². The van der Waals surface area contributed by atoms with Crippen LogP contribution in [0.4, 0.5) is 5.82 Å². The van der Waals surface area contributed by atoms with E-state index >= 15 is 0 Å². The monoisotopic (exact) mass is 347 g/mol. The van der Waals surface area contributed by atoms with Gasteiger partial charge < -0.3 is 9.47 Å². The number of nitrogens with zero attached hydrogens (tertiary/aromatic N) is 7. The molecule has 2 fully saturated rings. The molecule has 2 aromatic rings. The standard InChI is InChI=1S/C18H17N7O/c19-9-14-2-1-3-15(8-14)24-11-17(21-13-24)25-7-6-23-5-4-22(12-20)10-16(23)18(25)26/h1-3,8,11,13,16H,4-7,10H2. The van der Waals surface area contributed by atoms with Gasteiger partial charge in [0.2, 0.25) is 5.91 Å². The zero-order valence-electron chi connectivity index (χ0n) is 14.1. The van der Waals surface area contributed by atoms with Crippen LogP contribution in [0.1, 0.15) is 5.56 Å². The fraction of sp³-hybridized carbons (Fsp3) is 0.333. The number of nitriles is 2. The van der Waals surface area contributed by atoms with Gasteiger partial charge in [-0.05, 0) is 18.2 Å². The summed E-state index contributed by atoms with van der Waals surface area (Å²) in [5.74, 6) is 0.568. The molecule has 2 aliphatic heterocycles. The van der Waals surface area contributed by atoms with E-state index in [1.807, 2.05) is 12.1 Å². The van der Waals surface area contributed by atoms with Crippen molar-refractivity contribution in [1.82, 2.24) is 19.4 Å². The van der Waals surface area contributed by atoms with Crippen molar-refractivity contribution < 1.29 is 4.79 Å². The summed E-state index contributed by atoms with van der Waals surface area (Å²) in [4.78, 5) is 22.8. The summed E-state index contributed by atoms with van der Waals surface area (Å²) in [5, 5.41) is 18.2. The third-order valence-corrected chi connectivity index (χ3v) is 4.91. The summed E-state index contributed by atoms with van der Waals surface area (Å²) in [6.45, 7) is 3.18. The molecule has 1 unspecified atom stereocenters. The number of carbonyl (C=O) groups is 1. The van der Waals surface area contributed by atoms with E-state index < -0.39 is 0 Å². The van der Waals surface area contributed by atoms with E-state index in [2.05, 4.69) is 22.1 Å². The van der Waals surface area contributed by atoms with Gasteiger partial charge in [0.25, 0.3) is 0 Å². The van der Waals surface area contributed by atoms with Gasteiger partial charge in [0.1, 0.15) is 12.4 Å². The van der Waals surface area contributed by atoms with Crippen LogP contribution in [0.5, 0.6) is 0 Å². The second-order valence-corrected chi connectivity index (χ2v) is 6.39. The number of anilines is 1. The van der Waals surface area contributed by atoms with Gasteiger partial charge in [-0.2, -0.15) is 10.5 Å². The van der Waals surface area contributed by atoms with Crippen LogP contribution in [0.2, 0.25) is 0 Å². The molecule has 0 spiro atoms. The van der Waals surface area contributed by atoms with Gasteiger partial charge in [0.15, 0.2) is 12.0 Å². The minimum atomic E-state index is -0.302. The van der Waals surface area contributed by atoms with Crippen LogP contribution in [-0.4, -0.2) is 64.0 Å². The molecule has 1 atom stereocenters. The van der Waals surface area contributed by atoms with Crippen LogP contribution in [0.25, 0.3) is 5.69 Å². The Morgan fingerprint density at radius 2 is 2.00 bits per heavy atom. The molecule has 8 heteroatoms. The first-order chi connectivity index (χ1) is 12.7. The number of benzene rings is 1. The van der Waals surface area contributed by atoms with Crippen molar-refractivity contribution in [2.75, 3.05) is 37.6 Å². The molecule has 2 aliphatic rings. The van der Waals surface area contributed by atoms with Crippen molar-refractivity contribution in [1.29, 1.82) is 10.5 Å². The lowest BCUT2D eigenvalue weighted by Crippen LogP contribution is -2.64. The normalized spacial score (nSPS) is 20.4. The highest BCUT2D eigenvalue weighted by Crippen LogP contribution is 2.22. The predicted octanol–water partition coefficient (Wildman–Crippen LogP) is 0.558. The molecule has 8 nitrogen and oxygen atoms in total. The molecule has 2 saturated heterocycles. The summed E-state index contributed by atoms with van der Waals surface area (Å²) < 4.78 is 1.80. The van der Waals surface area contributed by atoms with Crippen LogP contribution in [-0.2, 0) is 4.79 Å². The molecule has 26 heavy (non-hydrogen) atoms. The Hall–Kier alpha value is -3.36. The Balaban J connectivity index is 1.57. The smallest absolute Gasteiger partial charge is 0.247 e. The minimum Gasteiger partial charge on any atom is -0.307 e. The molecule has 1 amide bonds. The fourth-order valence-electron chi connectivity index (χ4n) is 3.49. The van der Waals surface area contributed by atoms with Crippen molar-refractivity contribution in [2.24, 2.45) is 0 Å². The topological polar surface area (TPSA) is 92.2 Å².